The summed E-state index contributed by atoms with van der Waals surface area (Å²) in [6, 6.07) is 8.79. The van der Waals surface area contributed by atoms with Gasteiger partial charge in [0.15, 0.2) is 0 Å². The molecule has 0 unspecified atom stereocenters. The van der Waals surface area contributed by atoms with Crippen molar-refractivity contribution < 1.29 is 13.0 Å². The minimum Gasteiger partial charge on any atom is -0.286 e. The Labute approximate surface area is 135 Å². The summed E-state index contributed by atoms with van der Waals surface area (Å²) in [6.45, 7) is 11.0. The van der Waals surface area contributed by atoms with E-state index in [2.05, 4.69) is 58.9 Å². The van der Waals surface area contributed by atoms with Gasteiger partial charge in [0, 0.05) is 0 Å². The maximum atomic E-state index is 10.7. The molecule has 0 heterocycles. The van der Waals surface area contributed by atoms with Gasteiger partial charge in [0.1, 0.15) is 0 Å². The molecule has 1 aromatic carbocycles. The fourth-order valence-electron chi connectivity index (χ4n) is 2.65. The number of rotatable bonds is 7. The molecule has 0 atom stereocenters. The second kappa shape index (κ2) is 7.14. The van der Waals surface area contributed by atoms with Gasteiger partial charge < -0.3 is 0 Å². The fraction of sp³-hybridized carbons (Fsp3) is 0.667. The lowest BCUT2D eigenvalue weighted by molar-refractivity contribution is 0.321. The third kappa shape index (κ3) is 7.41. The van der Waals surface area contributed by atoms with Crippen molar-refractivity contribution in [2.75, 3.05) is 5.75 Å². The van der Waals surface area contributed by atoms with Gasteiger partial charge >= 0.3 is 0 Å². The largest absolute Gasteiger partial charge is 0.286 e. The van der Waals surface area contributed by atoms with Gasteiger partial charge in [-0.05, 0) is 41.2 Å². The van der Waals surface area contributed by atoms with Crippen molar-refractivity contribution in [2.24, 2.45) is 5.41 Å². The summed E-state index contributed by atoms with van der Waals surface area (Å²) in [5, 5.41) is 0. The molecule has 0 aromatic heterocycles. The highest BCUT2D eigenvalue weighted by atomic mass is 32.2. The van der Waals surface area contributed by atoms with Crippen LogP contribution in [-0.2, 0) is 22.0 Å². The van der Waals surface area contributed by atoms with Gasteiger partial charge in [-0.3, -0.25) is 4.55 Å². The standard InChI is InChI=1S/C18H30O3S/c1-17(2,3)16-10-8-15(9-11-16)14-18(4,5)12-6-7-13-22(19,20)21/h8-11H,6-7,12-14H2,1-5H3,(H,19,20,21). The number of hydrogen-bond donors (Lipinski definition) is 1. The summed E-state index contributed by atoms with van der Waals surface area (Å²) < 4.78 is 30.2. The van der Waals surface area contributed by atoms with Crippen molar-refractivity contribution >= 4 is 10.1 Å². The molecule has 3 nitrogen and oxygen atoms in total. The SMILES string of the molecule is CC(C)(CCCCS(=O)(=O)O)Cc1ccc(C(C)(C)C)cc1. The molecule has 0 aliphatic rings. The topological polar surface area (TPSA) is 54.4 Å². The van der Waals surface area contributed by atoms with Crippen molar-refractivity contribution in [1.29, 1.82) is 0 Å². The van der Waals surface area contributed by atoms with E-state index in [1.54, 1.807) is 0 Å². The first kappa shape index (κ1) is 19.2. The van der Waals surface area contributed by atoms with Gasteiger partial charge in [0.2, 0.25) is 0 Å². The summed E-state index contributed by atoms with van der Waals surface area (Å²) in [4.78, 5) is 0. The zero-order chi connectivity index (χ0) is 17.0. The number of unbranched alkanes of at least 4 members (excludes halogenated alkanes) is 1. The van der Waals surface area contributed by atoms with Gasteiger partial charge in [-0.2, -0.15) is 8.42 Å². The van der Waals surface area contributed by atoms with Crippen LogP contribution in [0.15, 0.2) is 24.3 Å². The summed E-state index contributed by atoms with van der Waals surface area (Å²) in [5.41, 5.74) is 2.95. The quantitative estimate of drug-likeness (QED) is 0.588. The molecule has 0 bridgehead atoms. The van der Waals surface area contributed by atoms with E-state index in [0.717, 1.165) is 19.3 Å². The molecule has 0 aliphatic carbocycles. The van der Waals surface area contributed by atoms with E-state index in [4.69, 9.17) is 4.55 Å². The first-order valence-electron chi connectivity index (χ1n) is 7.94. The molecule has 1 N–H and O–H groups in total. The molecule has 126 valence electrons. The fourth-order valence-corrected chi connectivity index (χ4v) is 3.22. The normalized spacial score (nSPS) is 13.4. The molecule has 22 heavy (non-hydrogen) atoms. The molecule has 0 radical (unpaired) electrons. The third-order valence-corrected chi connectivity index (χ3v) is 4.81. The monoisotopic (exact) mass is 326 g/mol. The van der Waals surface area contributed by atoms with Gasteiger partial charge in [-0.1, -0.05) is 65.3 Å². The van der Waals surface area contributed by atoms with Crippen molar-refractivity contribution in [3.63, 3.8) is 0 Å². The molecule has 0 aliphatic heterocycles. The Bertz CT molecular complexity index is 563. The van der Waals surface area contributed by atoms with Crippen molar-refractivity contribution in [3.8, 4) is 0 Å². The Morgan fingerprint density at radius 1 is 0.955 bits per heavy atom. The molecule has 0 fully saturated rings. The highest BCUT2D eigenvalue weighted by Crippen LogP contribution is 2.29. The molecule has 0 amide bonds. The predicted octanol–water partition coefficient (Wildman–Crippen LogP) is 4.61. The van der Waals surface area contributed by atoms with Crippen LogP contribution in [0.2, 0.25) is 0 Å². The second-order valence-electron chi connectivity index (χ2n) is 8.03. The van der Waals surface area contributed by atoms with Crippen LogP contribution in [0.4, 0.5) is 0 Å². The van der Waals surface area contributed by atoms with Crippen LogP contribution in [0, 0.1) is 5.41 Å². The maximum Gasteiger partial charge on any atom is 0.264 e. The third-order valence-electron chi connectivity index (χ3n) is 4.01. The minimum absolute atomic E-state index is 0.127. The van der Waals surface area contributed by atoms with E-state index >= 15 is 0 Å². The zero-order valence-electron chi connectivity index (χ0n) is 14.5. The first-order chi connectivity index (χ1) is 9.89. The highest BCUT2D eigenvalue weighted by molar-refractivity contribution is 7.85. The van der Waals surface area contributed by atoms with E-state index < -0.39 is 10.1 Å². The van der Waals surface area contributed by atoms with Gasteiger partial charge in [-0.25, -0.2) is 0 Å². The molecule has 0 saturated heterocycles. The Kier molecular flexibility index (Phi) is 6.22. The smallest absolute Gasteiger partial charge is 0.264 e. The van der Waals surface area contributed by atoms with E-state index in [1.165, 1.54) is 11.1 Å². The zero-order valence-corrected chi connectivity index (χ0v) is 15.3. The average Bonchev–Trinajstić information content (AvgIpc) is 2.33. The van der Waals surface area contributed by atoms with Crippen molar-refractivity contribution in [2.45, 2.75) is 65.7 Å². The molecule has 0 saturated carbocycles. The van der Waals surface area contributed by atoms with Gasteiger partial charge in [0.25, 0.3) is 10.1 Å². The second-order valence-corrected chi connectivity index (χ2v) is 9.60. The molecular formula is C18H30O3S. The van der Waals surface area contributed by atoms with Crippen molar-refractivity contribution in [1.82, 2.24) is 0 Å². The lowest BCUT2D eigenvalue weighted by Gasteiger charge is -2.25. The summed E-state index contributed by atoms with van der Waals surface area (Å²) in [6.07, 6.45) is 3.25. The lowest BCUT2D eigenvalue weighted by atomic mass is 9.80. The van der Waals surface area contributed by atoms with Crippen LogP contribution < -0.4 is 0 Å². The van der Waals surface area contributed by atoms with Gasteiger partial charge in [-0.15, -0.1) is 0 Å². The van der Waals surface area contributed by atoms with E-state index in [0.29, 0.717) is 6.42 Å². The molecule has 1 rings (SSSR count). The summed E-state index contributed by atoms with van der Waals surface area (Å²) in [7, 11) is -3.82. The summed E-state index contributed by atoms with van der Waals surface area (Å²) in [5.74, 6) is -0.136. The van der Waals surface area contributed by atoms with Crippen LogP contribution in [-0.4, -0.2) is 18.7 Å². The number of benzene rings is 1. The Morgan fingerprint density at radius 2 is 1.50 bits per heavy atom. The Balaban J connectivity index is 2.53. The van der Waals surface area contributed by atoms with E-state index in [9.17, 15) is 8.42 Å². The molecule has 0 spiro atoms. The Morgan fingerprint density at radius 3 is 1.95 bits per heavy atom. The van der Waals surface area contributed by atoms with E-state index in [-0.39, 0.29) is 16.6 Å². The predicted molar refractivity (Wildman–Crippen MR) is 92.9 cm³/mol. The van der Waals surface area contributed by atoms with Crippen LogP contribution in [0.5, 0.6) is 0 Å². The number of hydrogen-bond acceptors (Lipinski definition) is 2. The maximum absolute atomic E-state index is 10.7. The van der Waals surface area contributed by atoms with Crippen LogP contribution >= 0.6 is 0 Å². The highest BCUT2D eigenvalue weighted by Gasteiger charge is 2.19. The molecular weight excluding hydrogens is 296 g/mol. The van der Waals surface area contributed by atoms with Crippen molar-refractivity contribution in [3.05, 3.63) is 35.4 Å². The van der Waals surface area contributed by atoms with Crippen LogP contribution in [0.1, 0.15) is 65.0 Å². The van der Waals surface area contributed by atoms with E-state index in [1.807, 2.05) is 0 Å². The lowest BCUT2D eigenvalue weighted by Crippen LogP contribution is -2.16. The average molecular weight is 327 g/mol. The van der Waals surface area contributed by atoms with Gasteiger partial charge in [0.05, 0.1) is 5.75 Å². The first-order valence-corrected chi connectivity index (χ1v) is 9.55. The molecule has 1 aromatic rings. The molecule has 4 heteroatoms. The van der Waals surface area contributed by atoms with Crippen LogP contribution in [0.3, 0.4) is 0 Å². The summed E-state index contributed by atoms with van der Waals surface area (Å²) >= 11 is 0. The Hall–Kier alpha value is -0.870. The minimum atomic E-state index is -3.82. The van der Waals surface area contributed by atoms with Crippen LogP contribution in [0.25, 0.3) is 0 Å².